The Kier molecular flexibility index (Phi) is 13.7. The fourth-order valence-corrected chi connectivity index (χ4v) is 3.37. The van der Waals surface area contributed by atoms with Gasteiger partial charge in [-0.3, -0.25) is 4.79 Å². The third-order valence-corrected chi connectivity index (χ3v) is 5.10. The molecule has 0 bridgehead atoms. The van der Waals surface area contributed by atoms with Crippen LogP contribution in [0.5, 0.6) is 0 Å². The number of nitrogens with zero attached hydrogens (tertiary/aromatic N) is 1. The summed E-state index contributed by atoms with van der Waals surface area (Å²) in [4.78, 5) is 14.8. The molecule has 0 aromatic heterocycles. The standard InChI is InChI=1S/C23H41N3O/c1-2-3-4-5-6-7-8-14-19-26(20-21-15-10-9-11-16-21)23(27)22(25)17-12-13-18-24/h9-11,15-16,22H,2-8,12-14,17-20,24-25H2,1H3/t22-/m0/s1. The first-order valence-corrected chi connectivity index (χ1v) is 11.0. The summed E-state index contributed by atoms with van der Waals surface area (Å²) in [6, 6.07) is 9.80. The zero-order valence-corrected chi connectivity index (χ0v) is 17.4. The molecule has 1 rings (SSSR count). The van der Waals surface area contributed by atoms with Gasteiger partial charge in [0.1, 0.15) is 0 Å². The first kappa shape index (κ1) is 23.6. The van der Waals surface area contributed by atoms with E-state index in [1.165, 1.54) is 50.5 Å². The summed E-state index contributed by atoms with van der Waals surface area (Å²) >= 11 is 0. The summed E-state index contributed by atoms with van der Waals surface area (Å²) in [7, 11) is 0. The van der Waals surface area contributed by atoms with E-state index in [9.17, 15) is 4.79 Å². The van der Waals surface area contributed by atoms with Crippen LogP contribution in [0.4, 0.5) is 0 Å². The van der Waals surface area contributed by atoms with Gasteiger partial charge in [-0.15, -0.1) is 0 Å². The molecule has 0 spiro atoms. The van der Waals surface area contributed by atoms with Gasteiger partial charge in [-0.05, 0) is 31.4 Å². The van der Waals surface area contributed by atoms with E-state index >= 15 is 0 Å². The lowest BCUT2D eigenvalue weighted by atomic mass is 10.1. The third-order valence-electron chi connectivity index (χ3n) is 5.10. The fraction of sp³-hybridized carbons (Fsp3) is 0.696. The van der Waals surface area contributed by atoms with Crippen molar-refractivity contribution in [2.24, 2.45) is 11.5 Å². The maximum absolute atomic E-state index is 12.8. The van der Waals surface area contributed by atoms with E-state index in [0.717, 1.165) is 32.2 Å². The van der Waals surface area contributed by atoms with Crippen molar-refractivity contribution in [3.8, 4) is 0 Å². The Balaban J connectivity index is 2.44. The van der Waals surface area contributed by atoms with Gasteiger partial charge in [-0.1, -0.05) is 88.6 Å². The zero-order chi connectivity index (χ0) is 19.7. The van der Waals surface area contributed by atoms with Crippen LogP contribution in [0.25, 0.3) is 0 Å². The largest absolute Gasteiger partial charge is 0.337 e. The molecular weight excluding hydrogens is 334 g/mol. The average Bonchev–Trinajstić information content (AvgIpc) is 2.69. The maximum Gasteiger partial charge on any atom is 0.239 e. The number of hydrogen-bond donors (Lipinski definition) is 2. The van der Waals surface area contributed by atoms with Crippen LogP contribution < -0.4 is 11.5 Å². The number of benzene rings is 1. The van der Waals surface area contributed by atoms with Crippen LogP contribution in [-0.4, -0.2) is 29.9 Å². The lowest BCUT2D eigenvalue weighted by molar-refractivity contribution is -0.133. The Morgan fingerprint density at radius 2 is 1.56 bits per heavy atom. The van der Waals surface area contributed by atoms with Gasteiger partial charge in [0, 0.05) is 13.1 Å². The molecule has 0 saturated carbocycles. The van der Waals surface area contributed by atoms with E-state index in [-0.39, 0.29) is 5.91 Å². The second-order valence-corrected chi connectivity index (χ2v) is 7.61. The summed E-state index contributed by atoms with van der Waals surface area (Å²) in [5.74, 6) is 0.0822. The Hall–Kier alpha value is -1.39. The molecular formula is C23H41N3O. The lowest BCUT2D eigenvalue weighted by Gasteiger charge is -2.26. The highest BCUT2D eigenvalue weighted by Crippen LogP contribution is 2.12. The molecule has 1 aromatic carbocycles. The molecule has 0 fully saturated rings. The molecule has 0 heterocycles. The predicted octanol–water partition coefficient (Wildman–Crippen LogP) is 4.61. The molecule has 4 heteroatoms. The fourth-order valence-electron chi connectivity index (χ4n) is 3.37. The van der Waals surface area contributed by atoms with Crippen LogP contribution in [0.3, 0.4) is 0 Å². The molecule has 1 atom stereocenters. The van der Waals surface area contributed by atoms with Gasteiger partial charge in [-0.25, -0.2) is 0 Å². The number of carbonyl (C=O) groups is 1. The van der Waals surface area contributed by atoms with Gasteiger partial charge in [0.05, 0.1) is 6.04 Å². The van der Waals surface area contributed by atoms with Gasteiger partial charge in [0.25, 0.3) is 0 Å². The molecule has 0 aliphatic heterocycles. The van der Waals surface area contributed by atoms with Crippen molar-refractivity contribution in [2.75, 3.05) is 13.1 Å². The van der Waals surface area contributed by atoms with E-state index in [0.29, 0.717) is 13.1 Å². The van der Waals surface area contributed by atoms with Gasteiger partial charge < -0.3 is 16.4 Å². The average molecular weight is 376 g/mol. The smallest absolute Gasteiger partial charge is 0.239 e. The number of amides is 1. The normalized spacial score (nSPS) is 12.1. The minimum atomic E-state index is -0.408. The van der Waals surface area contributed by atoms with Gasteiger partial charge in [0.15, 0.2) is 0 Å². The number of unbranched alkanes of at least 4 members (excludes halogenated alkanes) is 8. The molecule has 1 amide bonds. The van der Waals surface area contributed by atoms with Crippen LogP contribution >= 0.6 is 0 Å². The van der Waals surface area contributed by atoms with Gasteiger partial charge >= 0.3 is 0 Å². The monoisotopic (exact) mass is 375 g/mol. The molecule has 0 aliphatic carbocycles. The molecule has 0 saturated heterocycles. The van der Waals surface area contributed by atoms with Crippen LogP contribution in [0.1, 0.15) is 83.1 Å². The minimum absolute atomic E-state index is 0.0822. The van der Waals surface area contributed by atoms with Crippen molar-refractivity contribution in [3.05, 3.63) is 35.9 Å². The zero-order valence-electron chi connectivity index (χ0n) is 17.4. The summed E-state index contributed by atoms with van der Waals surface area (Å²) in [5.41, 5.74) is 12.9. The Morgan fingerprint density at radius 1 is 0.926 bits per heavy atom. The SMILES string of the molecule is CCCCCCCCCCN(Cc1ccccc1)C(=O)[C@@H](N)CCCCN. The van der Waals surface area contributed by atoms with E-state index < -0.39 is 6.04 Å². The maximum atomic E-state index is 12.8. The number of nitrogens with two attached hydrogens (primary N) is 2. The van der Waals surface area contributed by atoms with Crippen molar-refractivity contribution in [1.29, 1.82) is 0 Å². The van der Waals surface area contributed by atoms with E-state index in [4.69, 9.17) is 11.5 Å². The molecule has 27 heavy (non-hydrogen) atoms. The second-order valence-electron chi connectivity index (χ2n) is 7.61. The topological polar surface area (TPSA) is 72.3 Å². The van der Waals surface area contributed by atoms with E-state index in [1.807, 2.05) is 23.1 Å². The second kappa shape index (κ2) is 15.6. The van der Waals surface area contributed by atoms with Crippen molar-refractivity contribution >= 4 is 5.91 Å². The van der Waals surface area contributed by atoms with E-state index in [2.05, 4.69) is 19.1 Å². The van der Waals surface area contributed by atoms with Crippen molar-refractivity contribution in [3.63, 3.8) is 0 Å². The Morgan fingerprint density at radius 3 is 2.19 bits per heavy atom. The summed E-state index contributed by atoms with van der Waals surface area (Å²) in [6.45, 7) is 4.36. The van der Waals surface area contributed by atoms with Crippen molar-refractivity contribution in [1.82, 2.24) is 4.90 Å². The highest BCUT2D eigenvalue weighted by atomic mass is 16.2. The lowest BCUT2D eigenvalue weighted by Crippen LogP contribution is -2.43. The van der Waals surface area contributed by atoms with Crippen molar-refractivity contribution < 1.29 is 4.79 Å². The third kappa shape index (κ3) is 11.1. The van der Waals surface area contributed by atoms with Crippen LogP contribution in [0.2, 0.25) is 0 Å². The highest BCUT2D eigenvalue weighted by Gasteiger charge is 2.20. The van der Waals surface area contributed by atoms with Crippen LogP contribution in [0, 0.1) is 0 Å². The number of rotatable bonds is 16. The summed E-state index contributed by atoms with van der Waals surface area (Å²) < 4.78 is 0. The Bertz CT molecular complexity index is 478. The first-order valence-electron chi connectivity index (χ1n) is 11.0. The van der Waals surface area contributed by atoms with Crippen LogP contribution in [0.15, 0.2) is 30.3 Å². The first-order chi connectivity index (χ1) is 13.2. The molecule has 4 N–H and O–H groups in total. The molecule has 154 valence electrons. The van der Waals surface area contributed by atoms with E-state index in [1.54, 1.807) is 0 Å². The summed E-state index contributed by atoms with van der Waals surface area (Å²) in [6.07, 6.45) is 12.7. The molecule has 1 aromatic rings. The minimum Gasteiger partial charge on any atom is -0.337 e. The highest BCUT2D eigenvalue weighted by molar-refractivity contribution is 5.81. The molecule has 4 nitrogen and oxygen atoms in total. The summed E-state index contributed by atoms with van der Waals surface area (Å²) in [5, 5.41) is 0. The quantitative estimate of drug-likeness (QED) is 0.414. The molecule has 0 unspecified atom stereocenters. The number of carbonyl (C=O) groups excluding carboxylic acids is 1. The Labute approximate surface area is 166 Å². The van der Waals surface area contributed by atoms with Crippen molar-refractivity contribution in [2.45, 2.75) is 90.1 Å². The van der Waals surface area contributed by atoms with Gasteiger partial charge in [-0.2, -0.15) is 0 Å². The number of hydrogen-bond acceptors (Lipinski definition) is 3. The molecule has 0 radical (unpaired) electrons. The molecule has 0 aliphatic rings. The predicted molar refractivity (Wildman–Crippen MR) is 115 cm³/mol. The van der Waals surface area contributed by atoms with Crippen LogP contribution in [-0.2, 0) is 11.3 Å². The van der Waals surface area contributed by atoms with Gasteiger partial charge in [0.2, 0.25) is 5.91 Å².